The van der Waals surface area contributed by atoms with Gasteiger partial charge in [-0.3, -0.25) is 4.90 Å². The molecular weight excluding hydrogens is 291 g/mol. The largest absolute Gasteiger partial charge is 0.329 e. The van der Waals surface area contributed by atoms with Crippen molar-refractivity contribution in [2.45, 2.75) is 38.1 Å². The van der Waals surface area contributed by atoms with Crippen LogP contribution in [0.15, 0.2) is 18.2 Å². The van der Waals surface area contributed by atoms with Gasteiger partial charge in [-0.05, 0) is 43.5 Å². The molecule has 2 nitrogen and oxygen atoms in total. The minimum atomic E-state index is 0.168. The fraction of sp³-hybridized carbons (Fsp3) is 0.625. The molecule has 1 fully saturated rings. The Hall–Kier alpha value is -0.280. The van der Waals surface area contributed by atoms with E-state index in [4.69, 9.17) is 28.9 Å². The summed E-state index contributed by atoms with van der Waals surface area (Å²) in [4.78, 5) is 2.35. The molecule has 0 amide bonds. The van der Waals surface area contributed by atoms with Crippen molar-refractivity contribution in [3.8, 4) is 0 Å². The normalized spacial score (nSPS) is 18.4. The summed E-state index contributed by atoms with van der Waals surface area (Å²) in [5, 5.41) is 1.38. The van der Waals surface area contributed by atoms with E-state index in [0.717, 1.165) is 18.0 Å². The highest BCUT2D eigenvalue weighted by atomic mass is 35.5. The van der Waals surface area contributed by atoms with Crippen LogP contribution in [0.2, 0.25) is 10.0 Å². The van der Waals surface area contributed by atoms with Gasteiger partial charge in [0.25, 0.3) is 0 Å². The van der Waals surface area contributed by atoms with E-state index in [9.17, 15) is 0 Å². The number of nitrogens with two attached hydrogens (primary N) is 1. The number of halogens is 2. The maximum atomic E-state index is 6.32. The highest BCUT2D eigenvalue weighted by Crippen LogP contribution is 2.31. The van der Waals surface area contributed by atoms with E-state index in [1.165, 1.54) is 32.1 Å². The second-order valence-corrected chi connectivity index (χ2v) is 6.70. The highest BCUT2D eigenvalue weighted by molar-refractivity contribution is 6.35. The molecule has 0 bridgehead atoms. The lowest BCUT2D eigenvalue weighted by atomic mass is 9.88. The molecule has 20 heavy (non-hydrogen) atoms. The van der Waals surface area contributed by atoms with Crippen LogP contribution in [-0.4, -0.2) is 25.0 Å². The lowest BCUT2D eigenvalue weighted by Crippen LogP contribution is -2.35. The lowest BCUT2D eigenvalue weighted by molar-refractivity contribution is 0.186. The van der Waals surface area contributed by atoms with E-state index < -0.39 is 0 Å². The first-order valence-electron chi connectivity index (χ1n) is 7.47. The molecular formula is C16H24Cl2N2. The molecule has 2 N–H and O–H groups in total. The fourth-order valence-electron chi connectivity index (χ4n) is 3.22. The van der Waals surface area contributed by atoms with Crippen molar-refractivity contribution in [2.24, 2.45) is 11.7 Å². The summed E-state index contributed by atoms with van der Waals surface area (Å²) in [6.45, 7) is 1.67. The average Bonchev–Trinajstić information content (AvgIpc) is 2.43. The summed E-state index contributed by atoms with van der Waals surface area (Å²) in [5.74, 6) is 0.800. The molecule has 1 aromatic rings. The molecule has 4 heteroatoms. The second kappa shape index (κ2) is 7.65. The third-order valence-electron chi connectivity index (χ3n) is 4.35. The van der Waals surface area contributed by atoms with Gasteiger partial charge in [0, 0.05) is 29.2 Å². The molecule has 0 radical (unpaired) electrons. The topological polar surface area (TPSA) is 29.3 Å². The van der Waals surface area contributed by atoms with E-state index in [-0.39, 0.29) is 6.04 Å². The molecule has 112 valence electrons. The molecule has 1 saturated carbocycles. The van der Waals surface area contributed by atoms with Gasteiger partial charge in [-0.15, -0.1) is 0 Å². The monoisotopic (exact) mass is 314 g/mol. The minimum absolute atomic E-state index is 0.168. The number of hydrogen-bond donors (Lipinski definition) is 1. The second-order valence-electron chi connectivity index (χ2n) is 5.86. The molecule has 0 heterocycles. The van der Waals surface area contributed by atoms with Crippen molar-refractivity contribution in [2.75, 3.05) is 20.1 Å². The quantitative estimate of drug-likeness (QED) is 0.866. The summed E-state index contributed by atoms with van der Waals surface area (Å²) < 4.78 is 0. The first-order chi connectivity index (χ1) is 9.61. The van der Waals surface area contributed by atoms with E-state index in [0.29, 0.717) is 16.6 Å². The number of hydrogen-bond acceptors (Lipinski definition) is 2. The lowest BCUT2D eigenvalue weighted by Gasteiger charge is -2.33. The number of rotatable bonds is 5. The Bertz CT molecular complexity index is 430. The minimum Gasteiger partial charge on any atom is -0.329 e. The Morgan fingerprint density at radius 1 is 1.25 bits per heavy atom. The van der Waals surface area contributed by atoms with Gasteiger partial charge in [-0.1, -0.05) is 48.5 Å². The van der Waals surface area contributed by atoms with Crippen molar-refractivity contribution in [1.29, 1.82) is 0 Å². The molecule has 0 aliphatic heterocycles. The van der Waals surface area contributed by atoms with Gasteiger partial charge in [0.05, 0.1) is 0 Å². The zero-order valence-electron chi connectivity index (χ0n) is 12.1. The van der Waals surface area contributed by atoms with Crippen LogP contribution in [0.1, 0.15) is 43.7 Å². The Morgan fingerprint density at radius 2 is 1.95 bits per heavy atom. The summed E-state index contributed by atoms with van der Waals surface area (Å²) in [5.41, 5.74) is 7.06. The van der Waals surface area contributed by atoms with E-state index in [1.54, 1.807) is 6.07 Å². The van der Waals surface area contributed by atoms with Crippen LogP contribution in [0.5, 0.6) is 0 Å². The maximum absolute atomic E-state index is 6.32. The van der Waals surface area contributed by atoms with Gasteiger partial charge in [0.1, 0.15) is 0 Å². The summed E-state index contributed by atoms with van der Waals surface area (Å²) in [6.07, 6.45) is 6.82. The van der Waals surface area contributed by atoms with Crippen molar-refractivity contribution in [3.05, 3.63) is 33.8 Å². The zero-order chi connectivity index (χ0) is 14.5. The van der Waals surface area contributed by atoms with Crippen LogP contribution in [0, 0.1) is 5.92 Å². The van der Waals surface area contributed by atoms with Crippen molar-refractivity contribution < 1.29 is 0 Å². The molecule has 2 rings (SSSR count). The van der Waals surface area contributed by atoms with Crippen LogP contribution >= 0.6 is 23.2 Å². The first-order valence-corrected chi connectivity index (χ1v) is 8.22. The first kappa shape index (κ1) is 16.1. The van der Waals surface area contributed by atoms with Crippen LogP contribution in [0.3, 0.4) is 0 Å². The molecule has 0 aromatic heterocycles. The zero-order valence-corrected chi connectivity index (χ0v) is 13.6. The fourth-order valence-corrected chi connectivity index (χ4v) is 3.75. The molecule has 1 aromatic carbocycles. The van der Waals surface area contributed by atoms with Crippen molar-refractivity contribution >= 4 is 23.2 Å². The van der Waals surface area contributed by atoms with Gasteiger partial charge < -0.3 is 5.73 Å². The SMILES string of the molecule is CN(CC1CCCCC1)C(CN)c1ccc(Cl)cc1Cl. The van der Waals surface area contributed by atoms with E-state index in [1.807, 2.05) is 12.1 Å². The van der Waals surface area contributed by atoms with Crippen molar-refractivity contribution in [3.63, 3.8) is 0 Å². The highest BCUT2D eigenvalue weighted by Gasteiger charge is 2.22. The van der Waals surface area contributed by atoms with Gasteiger partial charge in [0.15, 0.2) is 0 Å². The van der Waals surface area contributed by atoms with Gasteiger partial charge in [-0.2, -0.15) is 0 Å². The Balaban J connectivity index is 2.06. The van der Waals surface area contributed by atoms with Crippen LogP contribution in [-0.2, 0) is 0 Å². The Morgan fingerprint density at radius 3 is 2.55 bits per heavy atom. The molecule has 1 aliphatic carbocycles. The van der Waals surface area contributed by atoms with Crippen LogP contribution in [0.25, 0.3) is 0 Å². The Kier molecular flexibility index (Phi) is 6.16. The van der Waals surface area contributed by atoms with Gasteiger partial charge in [0.2, 0.25) is 0 Å². The van der Waals surface area contributed by atoms with Crippen molar-refractivity contribution in [1.82, 2.24) is 4.90 Å². The number of likely N-dealkylation sites (N-methyl/N-ethyl adjacent to an activating group) is 1. The van der Waals surface area contributed by atoms with E-state index >= 15 is 0 Å². The third kappa shape index (κ3) is 4.11. The Labute approximate surface area is 132 Å². The average molecular weight is 315 g/mol. The predicted molar refractivity (Wildman–Crippen MR) is 87.5 cm³/mol. The summed E-state index contributed by atoms with van der Waals surface area (Å²) in [7, 11) is 2.15. The summed E-state index contributed by atoms with van der Waals surface area (Å²) in [6, 6.07) is 5.86. The molecule has 1 aliphatic rings. The van der Waals surface area contributed by atoms with Gasteiger partial charge >= 0.3 is 0 Å². The van der Waals surface area contributed by atoms with Gasteiger partial charge in [-0.25, -0.2) is 0 Å². The molecule has 1 unspecified atom stereocenters. The smallest absolute Gasteiger partial charge is 0.0482 e. The molecule has 1 atom stereocenters. The summed E-state index contributed by atoms with van der Waals surface area (Å²) >= 11 is 12.3. The number of benzene rings is 1. The third-order valence-corrected chi connectivity index (χ3v) is 4.91. The number of nitrogens with zero attached hydrogens (tertiary/aromatic N) is 1. The predicted octanol–water partition coefficient (Wildman–Crippen LogP) is 4.51. The van der Waals surface area contributed by atoms with Crippen LogP contribution in [0.4, 0.5) is 0 Å². The van der Waals surface area contributed by atoms with E-state index in [2.05, 4.69) is 11.9 Å². The molecule has 0 spiro atoms. The maximum Gasteiger partial charge on any atom is 0.0482 e. The van der Waals surface area contributed by atoms with Crippen LogP contribution < -0.4 is 5.73 Å². The standard InChI is InChI=1S/C16H24Cl2N2/c1-20(11-12-5-3-2-4-6-12)16(10-19)14-8-7-13(17)9-15(14)18/h7-9,12,16H,2-6,10-11,19H2,1H3. The molecule has 0 saturated heterocycles.